The van der Waals surface area contributed by atoms with E-state index in [0.717, 1.165) is 11.3 Å². The molecule has 2 aromatic carbocycles. The molecule has 3 aromatic rings. The second-order valence-corrected chi connectivity index (χ2v) is 6.63. The van der Waals surface area contributed by atoms with Crippen LogP contribution < -0.4 is 5.32 Å². The van der Waals surface area contributed by atoms with Gasteiger partial charge in [0.25, 0.3) is 0 Å². The molecule has 0 bridgehead atoms. The zero-order valence-electron chi connectivity index (χ0n) is 16.1. The lowest BCUT2D eigenvalue weighted by atomic mass is 10.1. The molecule has 0 saturated carbocycles. The lowest BCUT2D eigenvalue weighted by molar-refractivity contribution is -0.121. The van der Waals surface area contributed by atoms with Crippen LogP contribution in [0, 0.1) is 11.3 Å². The van der Waals surface area contributed by atoms with Gasteiger partial charge in [-0.25, -0.2) is 9.67 Å². The highest BCUT2D eigenvalue weighted by Gasteiger charge is 2.23. The number of carbonyl (C=O) groups excluding carboxylic acids is 1. The quantitative estimate of drug-likeness (QED) is 0.716. The van der Waals surface area contributed by atoms with Crippen LogP contribution in [-0.4, -0.2) is 38.7 Å². The molecule has 1 N–H and O–H groups in total. The Bertz CT molecular complexity index is 958. The third kappa shape index (κ3) is 4.24. The number of benzene rings is 2. The number of aromatic nitrogens is 3. The molecule has 1 heterocycles. The Kier molecular flexibility index (Phi) is 5.82. The van der Waals surface area contributed by atoms with Crippen molar-refractivity contribution in [3.05, 3.63) is 72.3 Å². The Morgan fingerprint density at radius 2 is 1.82 bits per heavy atom. The fourth-order valence-electron chi connectivity index (χ4n) is 2.88. The topological polar surface area (TPSA) is 86.8 Å². The van der Waals surface area contributed by atoms with Crippen LogP contribution in [0.15, 0.2) is 61.2 Å². The van der Waals surface area contributed by atoms with Gasteiger partial charge in [-0.1, -0.05) is 12.1 Å². The molecule has 0 aliphatic rings. The van der Waals surface area contributed by atoms with Crippen LogP contribution in [0.3, 0.4) is 0 Å². The third-order valence-corrected chi connectivity index (χ3v) is 4.94. The molecule has 1 amide bonds. The molecule has 0 spiro atoms. The van der Waals surface area contributed by atoms with Crippen LogP contribution in [-0.2, 0) is 4.79 Å². The molecule has 28 heavy (non-hydrogen) atoms. The monoisotopic (exact) mass is 374 g/mol. The number of hydrogen-bond acceptors (Lipinski definition) is 5. The van der Waals surface area contributed by atoms with Crippen LogP contribution >= 0.6 is 0 Å². The van der Waals surface area contributed by atoms with Gasteiger partial charge in [-0.15, -0.1) is 0 Å². The van der Waals surface area contributed by atoms with E-state index in [2.05, 4.69) is 28.4 Å². The summed E-state index contributed by atoms with van der Waals surface area (Å²) in [5.41, 5.74) is 3.27. The summed E-state index contributed by atoms with van der Waals surface area (Å²) in [5.74, 6) is -0.0988. The number of nitrogens with zero attached hydrogens (tertiary/aromatic N) is 5. The van der Waals surface area contributed by atoms with Gasteiger partial charge in [0.15, 0.2) is 0 Å². The number of anilines is 1. The molecular formula is C21H22N6O. The van der Waals surface area contributed by atoms with Gasteiger partial charge < -0.3 is 5.32 Å². The minimum absolute atomic E-state index is 0.0477. The lowest BCUT2D eigenvalue weighted by Crippen LogP contribution is -2.40. The maximum absolute atomic E-state index is 12.6. The van der Waals surface area contributed by atoms with Gasteiger partial charge >= 0.3 is 0 Å². The maximum Gasteiger partial charge on any atom is 0.241 e. The van der Waals surface area contributed by atoms with Crippen molar-refractivity contribution >= 4 is 11.6 Å². The highest BCUT2D eigenvalue weighted by Crippen LogP contribution is 2.22. The molecule has 0 saturated heterocycles. The van der Waals surface area contributed by atoms with Crippen molar-refractivity contribution in [2.24, 2.45) is 0 Å². The molecule has 0 fully saturated rings. The van der Waals surface area contributed by atoms with E-state index in [0.29, 0.717) is 11.3 Å². The predicted octanol–water partition coefficient (Wildman–Crippen LogP) is 3.16. The highest BCUT2D eigenvalue weighted by molar-refractivity contribution is 5.94. The zero-order valence-corrected chi connectivity index (χ0v) is 16.1. The number of nitrogens with one attached hydrogen (secondary N) is 1. The molecular weight excluding hydrogens is 352 g/mol. The van der Waals surface area contributed by atoms with Gasteiger partial charge in [-0.05, 0) is 62.9 Å². The summed E-state index contributed by atoms with van der Waals surface area (Å²) >= 11 is 0. The normalized spacial score (nSPS) is 13.0. The zero-order chi connectivity index (χ0) is 20.1. The van der Waals surface area contributed by atoms with Crippen LogP contribution in [0.5, 0.6) is 0 Å². The summed E-state index contributed by atoms with van der Waals surface area (Å²) in [6, 6.07) is 16.6. The Hall–Kier alpha value is -3.50. The average molecular weight is 374 g/mol. The fourth-order valence-corrected chi connectivity index (χ4v) is 2.88. The lowest BCUT2D eigenvalue weighted by Gasteiger charge is -2.30. The van der Waals surface area contributed by atoms with Crippen molar-refractivity contribution in [1.29, 1.82) is 5.26 Å². The number of amides is 1. The second kappa shape index (κ2) is 8.46. The minimum atomic E-state index is -0.333. The van der Waals surface area contributed by atoms with Gasteiger partial charge in [0.2, 0.25) is 5.91 Å². The Morgan fingerprint density at radius 3 is 2.39 bits per heavy atom. The maximum atomic E-state index is 12.6. The number of likely N-dealkylation sites (N-methyl/N-ethyl adjacent to an activating group) is 1. The van der Waals surface area contributed by atoms with E-state index >= 15 is 0 Å². The summed E-state index contributed by atoms with van der Waals surface area (Å²) in [6.45, 7) is 3.94. The smallest absolute Gasteiger partial charge is 0.241 e. The Morgan fingerprint density at radius 1 is 1.14 bits per heavy atom. The molecule has 0 unspecified atom stereocenters. The molecule has 2 atom stereocenters. The van der Waals surface area contributed by atoms with E-state index in [1.165, 1.54) is 6.33 Å². The highest BCUT2D eigenvalue weighted by atomic mass is 16.2. The first-order chi connectivity index (χ1) is 13.5. The van der Waals surface area contributed by atoms with Crippen LogP contribution in [0.25, 0.3) is 5.69 Å². The van der Waals surface area contributed by atoms with E-state index in [-0.39, 0.29) is 18.0 Å². The van der Waals surface area contributed by atoms with Crippen LogP contribution in [0.1, 0.15) is 31.0 Å². The van der Waals surface area contributed by atoms with E-state index in [9.17, 15) is 4.79 Å². The Balaban J connectivity index is 1.65. The van der Waals surface area contributed by atoms with Crippen LogP contribution in [0.2, 0.25) is 0 Å². The van der Waals surface area contributed by atoms with E-state index in [1.807, 2.05) is 43.1 Å². The summed E-state index contributed by atoms with van der Waals surface area (Å²) < 4.78 is 1.70. The summed E-state index contributed by atoms with van der Waals surface area (Å²) in [7, 11) is 1.93. The first-order valence-corrected chi connectivity index (χ1v) is 8.97. The van der Waals surface area contributed by atoms with Gasteiger partial charge in [-0.3, -0.25) is 9.69 Å². The molecule has 3 rings (SSSR count). The van der Waals surface area contributed by atoms with E-state index in [1.54, 1.807) is 35.3 Å². The van der Waals surface area contributed by atoms with Crippen molar-refractivity contribution in [2.75, 3.05) is 12.4 Å². The fraction of sp³-hybridized carbons (Fsp3) is 0.238. The van der Waals surface area contributed by atoms with Crippen LogP contribution in [0.4, 0.5) is 5.69 Å². The minimum Gasteiger partial charge on any atom is -0.325 e. The molecule has 1 aromatic heterocycles. The third-order valence-electron chi connectivity index (χ3n) is 4.94. The van der Waals surface area contributed by atoms with E-state index < -0.39 is 0 Å². The van der Waals surface area contributed by atoms with Crippen molar-refractivity contribution in [1.82, 2.24) is 19.7 Å². The van der Waals surface area contributed by atoms with Gasteiger partial charge in [0, 0.05) is 11.7 Å². The molecule has 0 radical (unpaired) electrons. The molecule has 0 aliphatic heterocycles. The average Bonchev–Trinajstić information content (AvgIpc) is 3.27. The molecule has 142 valence electrons. The van der Waals surface area contributed by atoms with Gasteiger partial charge in [-0.2, -0.15) is 10.4 Å². The number of hydrogen-bond donors (Lipinski definition) is 1. The Labute approximate surface area is 164 Å². The number of rotatable bonds is 6. The van der Waals surface area contributed by atoms with Crippen molar-refractivity contribution in [3.63, 3.8) is 0 Å². The second-order valence-electron chi connectivity index (χ2n) is 6.63. The summed E-state index contributed by atoms with van der Waals surface area (Å²) in [5, 5.41) is 15.9. The largest absolute Gasteiger partial charge is 0.325 e. The van der Waals surface area contributed by atoms with E-state index in [4.69, 9.17) is 5.26 Å². The number of nitriles is 1. The van der Waals surface area contributed by atoms with Crippen molar-refractivity contribution in [2.45, 2.75) is 25.9 Å². The SMILES string of the molecule is C[C@H](c1ccc(-n2cncn2)cc1)N(C)[C@@H](C)C(=O)Nc1ccc(C#N)cc1. The van der Waals surface area contributed by atoms with Gasteiger partial charge in [0.05, 0.1) is 23.4 Å². The van der Waals surface area contributed by atoms with Gasteiger partial charge in [0.1, 0.15) is 12.7 Å². The number of carbonyl (C=O) groups is 1. The van der Waals surface area contributed by atoms with Crippen molar-refractivity contribution in [3.8, 4) is 11.8 Å². The standard InChI is InChI=1S/C21H22N6O/c1-15(18-6-10-20(11-7-18)27-14-23-13-24-27)26(3)16(2)21(28)25-19-8-4-17(12-22)5-9-19/h4-11,13-16H,1-3H3,(H,25,28)/t15-,16+/m1/s1. The van der Waals surface area contributed by atoms with Crippen molar-refractivity contribution < 1.29 is 4.79 Å². The first kappa shape index (κ1) is 19.3. The summed E-state index contributed by atoms with van der Waals surface area (Å²) in [4.78, 5) is 18.6. The molecule has 0 aliphatic carbocycles. The predicted molar refractivity (Wildman–Crippen MR) is 107 cm³/mol. The summed E-state index contributed by atoms with van der Waals surface area (Å²) in [6.07, 6.45) is 3.15. The molecule has 7 nitrogen and oxygen atoms in total. The molecule has 7 heteroatoms. The first-order valence-electron chi connectivity index (χ1n) is 8.97.